The monoisotopic (exact) mass is 357 g/mol. The average Bonchev–Trinajstić information content (AvgIpc) is 3.13. The molecule has 1 heterocycles. The molecule has 0 saturated heterocycles. The molecule has 1 aromatic heterocycles. The van der Waals surface area contributed by atoms with Crippen LogP contribution in [0.3, 0.4) is 0 Å². The summed E-state index contributed by atoms with van der Waals surface area (Å²) in [6.07, 6.45) is 3.11. The third kappa shape index (κ3) is 4.47. The Morgan fingerprint density at radius 3 is 2.27 bits per heavy atom. The number of benzene rings is 1. The van der Waals surface area contributed by atoms with Crippen molar-refractivity contribution in [3.05, 3.63) is 42.5 Å². The Kier molecular flexibility index (Phi) is 5.79. The predicted molar refractivity (Wildman–Crippen MR) is 99.6 cm³/mol. The van der Waals surface area contributed by atoms with Gasteiger partial charge in [0.15, 0.2) is 0 Å². The minimum absolute atomic E-state index is 0.124. The molecule has 0 aliphatic rings. The van der Waals surface area contributed by atoms with Crippen LogP contribution in [0.5, 0.6) is 0 Å². The Labute approximate surface area is 154 Å². The summed E-state index contributed by atoms with van der Waals surface area (Å²) < 4.78 is 1.67. The SMILES string of the molecule is CC(NC(=O)C(C)(C)C)C(=O)N(C)C(C)c1ccc(-n2cncn2)cc1. The first kappa shape index (κ1) is 19.6. The van der Waals surface area contributed by atoms with Gasteiger partial charge in [-0.1, -0.05) is 32.9 Å². The topological polar surface area (TPSA) is 80.1 Å². The van der Waals surface area contributed by atoms with Gasteiger partial charge in [-0.3, -0.25) is 9.59 Å². The lowest BCUT2D eigenvalue weighted by atomic mass is 9.95. The number of carbonyl (C=O) groups is 2. The number of rotatable bonds is 5. The lowest BCUT2D eigenvalue weighted by Gasteiger charge is -2.29. The maximum atomic E-state index is 12.7. The molecule has 7 nitrogen and oxygen atoms in total. The molecule has 0 aliphatic heterocycles. The molecule has 0 spiro atoms. The smallest absolute Gasteiger partial charge is 0.245 e. The van der Waals surface area contributed by atoms with E-state index in [1.54, 1.807) is 29.9 Å². The molecule has 2 aromatic rings. The van der Waals surface area contributed by atoms with Crippen molar-refractivity contribution < 1.29 is 9.59 Å². The zero-order valence-corrected chi connectivity index (χ0v) is 16.2. The Balaban J connectivity index is 2.05. The molecular weight excluding hydrogens is 330 g/mol. The van der Waals surface area contributed by atoms with Crippen molar-refractivity contribution in [3.8, 4) is 5.69 Å². The third-order valence-electron chi connectivity index (χ3n) is 4.39. The molecule has 26 heavy (non-hydrogen) atoms. The Morgan fingerprint density at radius 2 is 1.77 bits per heavy atom. The van der Waals surface area contributed by atoms with Crippen molar-refractivity contribution in [2.45, 2.75) is 46.7 Å². The number of hydrogen-bond acceptors (Lipinski definition) is 4. The summed E-state index contributed by atoms with van der Waals surface area (Å²) >= 11 is 0. The van der Waals surface area contributed by atoms with Crippen molar-refractivity contribution in [3.63, 3.8) is 0 Å². The van der Waals surface area contributed by atoms with E-state index in [2.05, 4.69) is 15.4 Å². The molecule has 0 saturated carbocycles. The van der Waals surface area contributed by atoms with E-state index in [-0.39, 0.29) is 17.9 Å². The van der Waals surface area contributed by atoms with Crippen LogP contribution in [0.25, 0.3) is 5.69 Å². The summed E-state index contributed by atoms with van der Waals surface area (Å²) in [7, 11) is 1.75. The Morgan fingerprint density at radius 1 is 1.15 bits per heavy atom. The first-order valence-electron chi connectivity index (χ1n) is 8.64. The lowest BCUT2D eigenvalue weighted by molar-refractivity contribution is -0.138. The second kappa shape index (κ2) is 7.68. The van der Waals surface area contributed by atoms with E-state index in [1.807, 2.05) is 52.0 Å². The van der Waals surface area contributed by atoms with E-state index < -0.39 is 11.5 Å². The largest absolute Gasteiger partial charge is 0.344 e. The number of carbonyl (C=O) groups excluding carboxylic acids is 2. The molecule has 1 N–H and O–H groups in total. The van der Waals surface area contributed by atoms with Crippen LogP contribution in [0.4, 0.5) is 0 Å². The van der Waals surface area contributed by atoms with Crippen molar-refractivity contribution in [2.24, 2.45) is 5.41 Å². The van der Waals surface area contributed by atoms with Gasteiger partial charge in [0.1, 0.15) is 18.7 Å². The maximum absolute atomic E-state index is 12.7. The fourth-order valence-corrected chi connectivity index (χ4v) is 2.44. The molecule has 2 amide bonds. The molecular formula is C19H27N5O2. The highest BCUT2D eigenvalue weighted by Gasteiger charge is 2.28. The van der Waals surface area contributed by atoms with Crippen LogP contribution in [-0.4, -0.2) is 44.6 Å². The van der Waals surface area contributed by atoms with Gasteiger partial charge in [0, 0.05) is 12.5 Å². The van der Waals surface area contributed by atoms with Crippen LogP contribution >= 0.6 is 0 Å². The van der Waals surface area contributed by atoms with Gasteiger partial charge in [-0.2, -0.15) is 5.10 Å². The molecule has 0 radical (unpaired) electrons. The third-order valence-corrected chi connectivity index (χ3v) is 4.39. The minimum Gasteiger partial charge on any atom is -0.344 e. The summed E-state index contributed by atoms with van der Waals surface area (Å²) in [6.45, 7) is 9.14. The van der Waals surface area contributed by atoms with Gasteiger partial charge >= 0.3 is 0 Å². The minimum atomic E-state index is -0.580. The van der Waals surface area contributed by atoms with Gasteiger partial charge in [-0.05, 0) is 31.5 Å². The fourth-order valence-electron chi connectivity index (χ4n) is 2.44. The first-order valence-corrected chi connectivity index (χ1v) is 8.64. The number of nitrogens with zero attached hydrogens (tertiary/aromatic N) is 4. The van der Waals surface area contributed by atoms with E-state index in [0.717, 1.165) is 11.3 Å². The van der Waals surface area contributed by atoms with Crippen molar-refractivity contribution >= 4 is 11.8 Å². The standard InChI is InChI=1S/C19H27N5O2/c1-13(22-18(26)19(3,4)5)17(25)23(6)14(2)15-7-9-16(10-8-15)24-12-20-11-21-24/h7-14H,1-6H3,(H,22,26). The number of nitrogens with one attached hydrogen (secondary N) is 1. The molecule has 0 fully saturated rings. The molecule has 7 heteroatoms. The summed E-state index contributed by atoms with van der Waals surface area (Å²) in [4.78, 5) is 30.3. The van der Waals surface area contributed by atoms with Gasteiger partial charge in [-0.15, -0.1) is 0 Å². The molecule has 0 bridgehead atoms. The molecule has 0 aliphatic carbocycles. The summed E-state index contributed by atoms with van der Waals surface area (Å²) in [6, 6.07) is 7.09. The van der Waals surface area contributed by atoms with Crippen LogP contribution < -0.4 is 5.32 Å². The van der Waals surface area contributed by atoms with E-state index in [1.165, 1.54) is 6.33 Å². The summed E-state index contributed by atoms with van der Waals surface area (Å²) in [5.74, 6) is -0.271. The van der Waals surface area contributed by atoms with Crippen LogP contribution in [0.1, 0.15) is 46.2 Å². The Bertz CT molecular complexity index is 747. The van der Waals surface area contributed by atoms with Gasteiger partial charge in [0.25, 0.3) is 0 Å². The highest BCUT2D eigenvalue weighted by atomic mass is 16.2. The zero-order valence-electron chi connectivity index (χ0n) is 16.2. The molecule has 140 valence electrons. The van der Waals surface area contributed by atoms with E-state index in [9.17, 15) is 9.59 Å². The van der Waals surface area contributed by atoms with Gasteiger partial charge < -0.3 is 10.2 Å². The summed E-state index contributed by atoms with van der Waals surface area (Å²) in [5, 5.41) is 6.88. The van der Waals surface area contributed by atoms with Crippen molar-refractivity contribution in [2.75, 3.05) is 7.05 Å². The molecule has 2 atom stereocenters. The lowest BCUT2D eigenvalue weighted by Crippen LogP contribution is -2.49. The van der Waals surface area contributed by atoms with E-state index in [0.29, 0.717) is 0 Å². The Hall–Kier alpha value is -2.70. The number of hydrogen-bond donors (Lipinski definition) is 1. The van der Waals surface area contributed by atoms with Crippen LogP contribution in [0, 0.1) is 5.41 Å². The number of amides is 2. The second-order valence-electron chi connectivity index (χ2n) is 7.50. The second-order valence-corrected chi connectivity index (χ2v) is 7.50. The van der Waals surface area contributed by atoms with Crippen LogP contribution in [0.15, 0.2) is 36.9 Å². The van der Waals surface area contributed by atoms with E-state index in [4.69, 9.17) is 0 Å². The first-order chi connectivity index (χ1) is 12.1. The highest BCUT2D eigenvalue weighted by Crippen LogP contribution is 2.21. The predicted octanol–water partition coefficient (Wildman–Crippen LogP) is 2.34. The molecule has 2 rings (SSSR count). The molecule has 1 aromatic carbocycles. The number of aromatic nitrogens is 3. The quantitative estimate of drug-likeness (QED) is 0.891. The van der Waals surface area contributed by atoms with Crippen molar-refractivity contribution in [1.29, 1.82) is 0 Å². The van der Waals surface area contributed by atoms with Gasteiger partial charge in [-0.25, -0.2) is 9.67 Å². The highest BCUT2D eigenvalue weighted by molar-refractivity contribution is 5.89. The maximum Gasteiger partial charge on any atom is 0.245 e. The van der Waals surface area contributed by atoms with Crippen LogP contribution in [-0.2, 0) is 9.59 Å². The van der Waals surface area contributed by atoms with Gasteiger partial charge in [0.05, 0.1) is 11.7 Å². The zero-order chi connectivity index (χ0) is 19.5. The number of likely N-dealkylation sites (N-methyl/N-ethyl adjacent to an activating group) is 1. The summed E-state index contributed by atoms with van der Waals surface area (Å²) in [5.41, 5.74) is 1.37. The van der Waals surface area contributed by atoms with Gasteiger partial charge in [0.2, 0.25) is 11.8 Å². The fraction of sp³-hybridized carbons (Fsp3) is 0.474. The normalized spacial score (nSPS) is 13.8. The van der Waals surface area contributed by atoms with Crippen molar-refractivity contribution in [1.82, 2.24) is 25.0 Å². The molecule has 2 unspecified atom stereocenters. The van der Waals surface area contributed by atoms with E-state index >= 15 is 0 Å². The van der Waals surface area contributed by atoms with Crippen LogP contribution in [0.2, 0.25) is 0 Å². The average molecular weight is 357 g/mol.